The van der Waals surface area contributed by atoms with Crippen molar-refractivity contribution in [1.82, 2.24) is 20.4 Å². The van der Waals surface area contributed by atoms with Crippen LogP contribution < -0.4 is 5.32 Å². The van der Waals surface area contributed by atoms with E-state index < -0.39 is 0 Å². The summed E-state index contributed by atoms with van der Waals surface area (Å²) in [6.07, 6.45) is 0. The Bertz CT molecular complexity index is 795. The summed E-state index contributed by atoms with van der Waals surface area (Å²) in [5.41, 5.74) is 2.93. The molecule has 1 aromatic carbocycles. The molecule has 2 heterocycles. The lowest BCUT2D eigenvalue weighted by atomic mass is 10.0. The fourth-order valence-electron chi connectivity index (χ4n) is 2.69. The predicted octanol–water partition coefficient (Wildman–Crippen LogP) is 3.29. The molecule has 0 spiro atoms. The van der Waals surface area contributed by atoms with Crippen LogP contribution in [0.2, 0.25) is 0 Å². The number of para-hydroxylation sites is 2. The van der Waals surface area contributed by atoms with Gasteiger partial charge in [-0.05, 0) is 31.9 Å². The third kappa shape index (κ3) is 2.84. The molecule has 0 saturated carbocycles. The van der Waals surface area contributed by atoms with E-state index in [1.165, 1.54) is 0 Å². The summed E-state index contributed by atoms with van der Waals surface area (Å²) in [5.74, 6) is 1.26. The standard InChI is InChI=1S/C17H20N4O2/c1-9(2)15(16-18-12-7-5-6-8-13(12)19-16)20-17(22)14-10(3)21-23-11(14)4/h5-9,15H,1-4H3,(H,18,19)(H,20,22). The van der Waals surface area contributed by atoms with Crippen LogP contribution in [0.1, 0.15) is 47.5 Å². The first-order chi connectivity index (χ1) is 11.0. The zero-order chi connectivity index (χ0) is 16.6. The van der Waals surface area contributed by atoms with Gasteiger partial charge >= 0.3 is 0 Å². The number of nitrogens with one attached hydrogen (secondary N) is 2. The van der Waals surface area contributed by atoms with Crippen molar-refractivity contribution >= 4 is 16.9 Å². The second-order valence-electron chi connectivity index (χ2n) is 6.03. The number of benzene rings is 1. The fraction of sp³-hybridized carbons (Fsp3) is 0.353. The number of hydrogen-bond donors (Lipinski definition) is 2. The highest BCUT2D eigenvalue weighted by Crippen LogP contribution is 2.23. The number of carbonyl (C=O) groups excluding carboxylic acids is 1. The molecule has 23 heavy (non-hydrogen) atoms. The number of hydrogen-bond acceptors (Lipinski definition) is 4. The lowest BCUT2D eigenvalue weighted by Gasteiger charge is -2.20. The first-order valence-corrected chi connectivity index (χ1v) is 7.65. The monoisotopic (exact) mass is 312 g/mol. The Morgan fingerprint density at radius 3 is 2.61 bits per heavy atom. The summed E-state index contributed by atoms with van der Waals surface area (Å²) < 4.78 is 5.08. The van der Waals surface area contributed by atoms with Crippen molar-refractivity contribution in [3.05, 3.63) is 47.1 Å². The third-order valence-corrected chi connectivity index (χ3v) is 3.92. The minimum absolute atomic E-state index is 0.181. The van der Waals surface area contributed by atoms with E-state index in [4.69, 9.17) is 4.52 Å². The second kappa shape index (κ2) is 5.87. The van der Waals surface area contributed by atoms with Gasteiger partial charge in [-0.15, -0.1) is 0 Å². The van der Waals surface area contributed by atoms with Gasteiger partial charge in [0.05, 0.1) is 22.8 Å². The Hall–Kier alpha value is -2.63. The van der Waals surface area contributed by atoms with Crippen molar-refractivity contribution in [1.29, 1.82) is 0 Å². The third-order valence-electron chi connectivity index (χ3n) is 3.92. The minimum atomic E-state index is -0.219. The normalized spacial score (nSPS) is 12.7. The van der Waals surface area contributed by atoms with E-state index >= 15 is 0 Å². The molecule has 2 aromatic heterocycles. The average molecular weight is 312 g/mol. The fourth-order valence-corrected chi connectivity index (χ4v) is 2.69. The predicted molar refractivity (Wildman–Crippen MR) is 87.1 cm³/mol. The number of aromatic amines is 1. The molecule has 2 N–H and O–H groups in total. The number of aryl methyl sites for hydroxylation is 2. The Balaban J connectivity index is 1.92. The molecule has 1 amide bonds. The summed E-state index contributed by atoms with van der Waals surface area (Å²) in [6.45, 7) is 7.59. The summed E-state index contributed by atoms with van der Waals surface area (Å²) in [6, 6.07) is 7.60. The van der Waals surface area contributed by atoms with E-state index in [2.05, 4.69) is 20.4 Å². The van der Waals surface area contributed by atoms with Crippen LogP contribution in [0.3, 0.4) is 0 Å². The second-order valence-corrected chi connectivity index (χ2v) is 6.03. The highest BCUT2D eigenvalue weighted by atomic mass is 16.5. The topological polar surface area (TPSA) is 83.8 Å². The van der Waals surface area contributed by atoms with Crippen molar-refractivity contribution in [3.8, 4) is 0 Å². The molecule has 0 saturated heterocycles. The van der Waals surface area contributed by atoms with Gasteiger partial charge in [-0.2, -0.15) is 0 Å². The van der Waals surface area contributed by atoms with E-state index in [1.54, 1.807) is 13.8 Å². The van der Waals surface area contributed by atoms with Crippen LogP contribution >= 0.6 is 0 Å². The van der Waals surface area contributed by atoms with Gasteiger partial charge in [-0.1, -0.05) is 31.1 Å². The molecule has 1 atom stereocenters. The largest absolute Gasteiger partial charge is 0.361 e. The molecule has 6 nitrogen and oxygen atoms in total. The maximum atomic E-state index is 12.6. The van der Waals surface area contributed by atoms with Gasteiger partial charge in [-0.25, -0.2) is 4.98 Å². The lowest BCUT2D eigenvalue weighted by molar-refractivity contribution is 0.0921. The van der Waals surface area contributed by atoms with Crippen molar-refractivity contribution in [2.45, 2.75) is 33.7 Å². The smallest absolute Gasteiger partial charge is 0.257 e. The highest BCUT2D eigenvalue weighted by molar-refractivity contribution is 5.96. The van der Waals surface area contributed by atoms with Crippen LogP contribution in [-0.2, 0) is 0 Å². The quantitative estimate of drug-likeness (QED) is 0.774. The van der Waals surface area contributed by atoms with Crippen LogP contribution in [-0.4, -0.2) is 21.0 Å². The molecule has 0 bridgehead atoms. The van der Waals surface area contributed by atoms with Gasteiger partial charge in [0.2, 0.25) is 0 Å². The maximum absolute atomic E-state index is 12.6. The lowest BCUT2D eigenvalue weighted by Crippen LogP contribution is -2.33. The van der Waals surface area contributed by atoms with E-state index in [-0.39, 0.29) is 17.9 Å². The zero-order valence-electron chi connectivity index (χ0n) is 13.7. The first kappa shape index (κ1) is 15.3. The summed E-state index contributed by atoms with van der Waals surface area (Å²) >= 11 is 0. The first-order valence-electron chi connectivity index (χ1n) is 7.65. The number of carbonyl (C=O) groups is 1. The number of H-pyrrole nitrogens is 1. The van der Waals surface area contributed by atoms with E-state index in [1.807, 2.05) is 38.1 Å². The summed E-state index contributed by atoms with van der Waals surface area (Å²) in [4.78, 5) is 20.5. The zero-order valence-corrected chi connectivity index (χ0v) is 13.7. The van der Waals surface area contributed by atoms with Gasteiger partial charge in [0.15, 0.2) is 0 Å². The summed E-state index contributed by atoms with van der Waals surface area (Å²) in [7, 11) is 0. The molecule has 120 valence electrons. The van der Waals surface area contributed by atoms with Crippen molar-refractivity contribution in [3.63, 3.8) is 0 Å². The average Bonchev–Trinajstić information content (AvgIpc) is 3.07. The molecule has 1 unspecified atom stereocenters. The number of aromatic nitrogens is 3. The molecule has 0 radical (unpaired) electrons. The number of nitrogens with zero attached hydrogens (tertiary/aromatic N) is 2. The Labute approximate surface area is 134 Å². The molecule has 0 aliphatic heterocycles. The number of fused-ring (bicyclic) bond motifs is 1. The van der Waals surface area contributed by atoms with Crippen LogP contribution in [0.5, 0.6) is 0 Å². The number of amides is 1. The Kier molecular flexibility index (Phi) is 3.90. The Morgan fingerprint density at radius 1 is 1.26 bits per heavy atom. The summed E-state index contributed by atoms with van der Waals surface area (Å²) in [5, 5.41) is 6.88. The molecule has 6 heteroatoms. The van der Waals surface area contributed by atoms with E-state index in [0.717, 1.165) is 16.9 Å². The van der Waals surface area contributed by atoms with Crippen LogP contribution in [0.4, 0.5) is 0 Å². The Morgan fingerprint density at radius 2 is 2.00 bits per heavy atom. The number of rotatable bonds is 4. The van der Waals surface area contributed by atoms with Gasteiger partial charge in [0.1, 0.15) is 17.1 Å². The van der Waals surface area contributed by atoms with Gasteiger partial charge < -0.3 is 14.8 Å². The maximum Gasteiger partial charge on any atom is 0.257 e. The van der Waals surface area contributed by atoms with E-state index in [0.29, 0.717) is 17.0 Å². The number of imidazole rings is 1. The van der Waals surface area contributed by atoms with Crippen molar-refractivity contribution in [2.24, 2.45) is 5.92 Å². The van der Waals surface area contributed by atoms with Crippen molar-refractivity contribution in [2.75, 3.05) is 0 Å². The minimum Gasteiger partial charge on any atom is -0.361 e. The molecule has 3 rings (SSSR count). The molecule has 0 fully saturated rings. The molecular weight excluding hydrogens is 292 g/mol. The van der Waals surface area contributed by atoms with Crippen molar-refractivity contribution < 1.29 is 9.32 Å². The van der Waals surface area contributed by atoms with Crippen LogP contribution in [0.15, 0.2) is 28.8 Å². The molecular formula is C17H20N4O2. The molecule has 0 aliphatic carbocycles. The SMILES string of the molecule is Cc1noc(C)c1C(=O)NC(c1nc2ccccc2[nH]1)C(C)C. The highest BCUT2D eigenvalue weighted by Gasteiger charge is 2.25. The van der Waals surface area contributed by atoms with Gasteiger partial charge in [-0.3, -0.25) is 4.79 Å². The van der Waals surface area contributed by atoms with Crippen LogP contribution in [0.25, 0.3) is 11.0 Å². The van der Waals surface area contributed by atoms with Gasteiger partial charge in [0, 0.05) is 0 Å². The van der Waals surface area contributed by atoms with Crippen LogP contribution in [0, 0.1) is 19.8 Å². The van der Waals surface area contributed by atoms with E-state index in [9.17, 15) is 4.79 Å². The van der Waals surface area contributed by atoms with Gasteiger partial charge in [0.25, 0.3) is 5.91 Å². The molecule has 0 aliphatic rings. The molecule has 3 aromatic rings.